The minimum atomic E-state index is -2.52. The van der Waals surface area contributed by atoms with E-state index in [0.29, 0.717) is 14.7 Å². The molecule has 0 aliphatic carbocycles. The molecule has 0 atom stereocenters. The predicted molar refractivity (Wildman–Crippen MR) is 92.9 cm³/mol. The van der Waals surface area contributed by atoms with E-state index in [-0.39, 0.29) is 5.97 Å². The van der Waals surface area contributed by atoms with Crippen molar-refractivity contribution in [2.75, 3.05) is 0 Å². The molecule has 0 spiro atoms. The van der Waals surface area contributed by atoms with Crippen LogP contribution in [0.5, 0.6) is 0 Å². The summed E-state index contributed by atoms with van der Waals surface area (Å²) in [6.07, 6.45) is 0. The van der Waals surface area contributed by atoms with Gasteiger partial charge in [-0.05, 0) is 34.7 Å². The van der Waals surface area contributed by atoms with Gasteiger partial charge in [0.2, 0.25) is 0 Å². The molecule has 1 aliphatic heterocycles. The Balaban J connectivity index is 0.000000155. The maximum absolute atomic E-state index is 10.9. The fraction of sp³-hybridized carbons (Fsp3) is 0. The summed E-state index contributed by atoms with van der Waals surface area (Å²) in [4.78, 5) is 21.3. The van der Waals surface area contributed by atoms with Gasteiger partial charge in [-0.1, -0.05) is 12.1 Å². The van der Waals surface area contributed by atoms with Gasteiger partial charge in [0.25, 0.3) is 0 Å². The molecule has 110 valence electrons. The molecule has 0 unspecified atom stereocenters. The molecule has 2 aromatic carbocycles. The molecule has 0 aromatic heterocycles. The summed E-state index contributed by atoms with van der Waals surface area (Å²) in [6.45, 7) is 0. The van der Waals surface area contributed by atoms with Gasteiger partial charge in [-0.3, -0.25) is 0 Å². The average Bonchev–Trinajstić information content (AvgIpc) is 2.76. The van der Waals surface area contributed by atoms with E-state index in [9.17, 15) is 13.0 Å². The number of fused-ring (bicyclic) bond motifs is 1. The number of carboxylic acids is 1. The van der Waals surface area contributed by atoms with Crippen molar-refractivity contribution >= 4 is 55.2 Å². The van der Waals surface area contributed by atoms with Crippen LogP contribution < -0.4 is 0 Å². The molecular weight excluding hydrogens is 502 g/mol. The van der Waals surface area contributed by atoms with Gasteiger partial charge in [-0.15, -0.1) is 0 Å². The van der Waals surface area contributed by atoms with Gasteiger partial charge in [0.05, 0.1) is 5.56 Å². The van der Waals surface area contributed by atoms with Crippen LogP contribution >= 0.6 is 43.2 Å². The maximum atomic E-state index is 10.9. The molecule has 0 saturated heterocycles. The number of carboxylic acid groups (broad SMARTS) is 1. The first-order valence-corrected chi connectivity index (χ1v) is 9.70. The predicted octanol–water partition coefficient (Wildman–Crippen LogP) is 3.34. The average molecular weight is 512 g/mol. The molecule has 0 radical (unpaired) electrons. The standard InChI is InChI=1S/C7H5IO3.C7H5IO2/c9-7-5-3-1-2-4-6(5)8(10)11-7;8-6-4-2-1-3-5(6)7(9)10/h1-4,10H;1-4H,(H,9,10). The number of carbonyl (C=O) groups excluding carboxylic acids is 1. The first kappa shape index (κ1) is 16.2. The summed E-state index contributed by atoms with van der Waals surface area (Å²) >= 11 is -0.524. The van der Waals surface area contributed by atoms with Crippen LogP contribution in [0.4, 0.5) is 0 Å². The van der Waals surface area contributed by atoms with E-state index in [1.54, 1.807) is 42.5 Å². The van der Waals surface area contributed by atoms with E-state index in [0.717, 1.165) is 3.57 Å². The summed E-state index contributed by atoms with van der Waals surface area (Å²) in [6, 6.07) is 13.8. The van der Waals surface area contributed by atoms with Crippen molar-refractivity contribution in [2.45, 2.75) is 0 Å². The number of aromatic carboxylic acids is 1. The Morgan fingerprint density at radius 3 is 2.29 bits per heavy atom. The monoisotopic (exact) mass is 512 g/mol. The number of benzene rings is 2. The van der Waals surface area contributed by atoms with E-state index in [1.165, 1.54) is 0 Å². The number of halogens is 2. The topological polar surface area (TPSA) is 83.8 Å². The molecule has 0 amide bonds. The fourth-order valence-electron chi connectivity index (χ4n) is 1.55. The van der Waals surface area contributed by atoms with Crippen LogP contribution in [0, 0.1) is 7.14 Å². The molecule has 0 saturated carbocycles. The van der Waals surface area contributed by atoms with Crippen molar-refractivity contribution < 1.29 is 21.2 Å². The van der Waals surface area contributed by atoms with E-state index < -0.39 is 26.6 Å². The first-order chi connectivity index (χ1) is 10.0. The molecule has 21 heavy (non-hydrogen) atoms. The molecule has 5 nitrogen and oxygen atoms in total. The summed E-state index contributed by atoms with van der Waals surface area (Å²) < 4.78 is 15.5. The third-order valence-electron chi connectivity index (χ3n) is 2.52. The quantitative estimate of drug-likeness (QED) is 0.574. The van der Waals surface area contributed by atoms with Crippen LogP contribution in [-0.2, 0) is 3.07 Å². The third kappa shape index (κ3) is 3.92. The molecule has 0 bridgehead atoms. The number of hydrogen-bond donors (Lipinski definition) is 2. The summed E-state index contributed by atoms with van der Waals surface area (Å²) in [5, 5.41) is 8.56. The normalized spacial score (nSPS) is 13.8. The molecule has 2 aromatic rings. The Kier molecular flexibility index (Phi) is 5.53. The van der Waals surface area contributed by atoms with Crippen molar-refractivity contribution in [2.24, 2.45) is 0 Å². The summed E-state index contributed by atoms with van der Waals surface area (Å²) in [5.41, 5.74) is 0.892. The van der Waals surface area contributed by atoms with E-state index in [1.807, 2.05) is 28.7 Å². The second-order valence-electron chi connectivity index (χ2n) is 3.86. The molecule has 7 heteroatoms. The zero-order chi connectivity index (χ0) is 15.4. The molecular formula is C14H10I2O5. The van der Waals surface area contributed by atoms with Gasteiger partial charge in [0, 0.05) is 3.57 Å². The Morgan fingerprint density at radius 1 is 1.10 bits per heavy atom. The van der Waals surface area contributed by atoms with Crippen molar-refractivity contribution in [3.8, 4) is 0 Å². The van der Waals surface area contributed by atoms with Gasteiger partial charge in [-0.2, -0.15) is 0 Å². The van der Waals surface area contributed by atoms with Crippen LogP contribution in [0.3, 0.4) is 0 Å². The molecule has 2 N–H and O–H groups in total. The van der Waals surface area contributed by atoms with E-state index in [2.05, 4.69) is 0 Å². The van der Waals surface area contributed by atoms with Gasteiger partial charge in [-0.25, -0.2) is 4.79 Å². The summed E-state index contributed by atoms with van der Waals surface area (Å²) in [5.74, 6) is -1.25. The van der Waals surface area contributed by atoms with Crippen LogP contribution in [-0.4, -0.2) is 20.5 Å². The second-order valence-corrected chi connectivity index (χ2v) is 7.94. The Morgan fingerprint density at radius 2 is 1.71 bits per heavy atom. The Hall–Kier alpha value is -1.20. The van der Waals surface area contributed by atoms with Crippen LogP contribution in [0.1, 0.15) is 20.7 Å². The van der Waals surface area contributed by atoms with Crippen molar-refractivity contribution in [3.63, 3.8) is 0 Å². The molecule has 3 rings (SSSR count). The number of rotatable bonds is 1. The summed E-state index contributed by atoms with van der Waals surface area (Å²) in [7, 11) is 0. The van der Waals surface area contributed by atoms with Crippen LogP contribution in [0.15, 0.2) is 48.5 Å². The molecule has 1 aliphatic rings. The Labute approximate surface area is 142 Å². The van der Waals surface area contributed by atoms with Crippen molar-refractivity contribution in [1.29, 1.82) is 0 Å². The van der Waals surface area contributed by atoms with Gasteiger partial charge in [0.15, 0.2) is 0 Å². The SMILES string of the molecule is O=C(O)c1ccccc1I.O=C1OI(O)c2ccccc21. The zero-order valence-corrected chi connectivity index (χ0v) is 14.8. The minimum absolute atomic E-state index is 0.364. The zero-order valence-electron chi connectivity index (χ0n) is 10.5. The molecule has 0 fully saturated rings. The second kappa shape index (κ2) is 7.18. The van der Waals surface area contributed by atoms with Crippen molar-refractivity contribution in [1.82, 2.24) is 0 Å². The van der Waals surface area contributed by atoms with Gasteiger partial charge in [0.1, 0.15) is 0 Å². The van der Waals surface area contributed by atoms with E-state index in [4.69, 9.17) is 8.17 Å². The number of hydrogen-bond acceptors (Lipinski definition) is 4. The van der Waals surface area contributed by atoms with Gasteiger partial charge >= 0.3 is 77.3 Å². The van der Waals surface area contributed by atoms with Crippen LogP contribution in [0.25, 0.3) is 0 Å². The third-order valence-corrected chi connectivity index (χ3v) is 6.21. The van der Waals surface area contributed by atoms with E-state index >= 15 is 0 Å². The van der Waals surface area contributed by atoms with Gasteiger partial charge < -0.3 is 5.11 Å². The van der Waals surface area contributed by atoms with Crippen LogP contribution in [0.2, 0.25) is 0 Å². The molecule has 1 heterocycles. The Bertz CT molecular complexity index is 687. The van der Waals surface area contributed by atoms with Crippen molar-refractivity contribution in [3.05, 3.63) is 66.8 Å². The first-order valence-electron chi connectivity index (χ1n) is 5.69. The fourth-order valence-corrected chi connectivity index (χ4v) is 4.44. The number of carbonyl (C=O) groups is 2.